The van der Waals surface area contributed by atoms with Crippen LogP contribution >= 0.6 is 0 Å². The van der Waals surface area contributed by atoms with Crippen LogP contribution in [0.15, 0.2) is 30.3 Å². The van der Waals surface area contributed by atoms with Crippen LogP contribution in [0.4, 0.5) is 0 Å². The van der Waals surface area contributed by atoms with E-state index >= 15 is 0 Å². The molecule has 0 aliphatic carbocycles. The molecule has 20 heavy (non-hydrogen) atoms. The van der Waals surface area contributed by atoms with Crippen LogP contribution in [-0.4, -0.2) is 4.57 Å². The molecule has 0 N–H and O–H groups in total. The number of benzene rings is 1. The highest BCUT2D eigenvalue weighted by atomic mass is 15.0. The summed E-state index contributed by atoms with van der Waals surface area (Å²) in [5.74, 6) is 0. The highest BCUT2D eigenvalue weighted by molar-refractivity contribution is 5.40. The van der Waals surface area contributed by atoms with E-state index in [2.05, 4.69) is 62.6 Å². The molecule has 1 aromatic heterocycles. The SMILES string of the molecule is CCc1c(CC)c(CC)n(Cc2ccccc2)c1CC. The first-order valence-electron chi connectivity index (χ1n) is 8.02. The predicted octanol–water partition coefficient (Wildman–Crippen LogP) is 4.79. The summed E-state index contributed by atoms with van der Waals surface area (Å²) in [6, 6.07) is 10.8. The van der Waals surface area contributed by atoms with Crippen molar-refractivity contribution in [3.63, 3.8) is 0 Å². The lowest BCUT2D eigenvalue weighted by Crippen LogP contribution is -2.08. The summed E-state index contributed by atoms with van der Waals surface area (Å²) in [7, 11) is 0. The predicted molar refractivity (Wildman–Crippen MR) is 87.5 cm³/mol. The van der Waals surface area contributed by atoms with Gasteiger partial charge in [0.1, 0.15) is 0 Å². The van der Waals surface area contributed by atoms with E-state index in [1.165, 1.54) is 5.56 Å². The van der Waals surface area contributed by atoms with Gasteiger partial charge in [-0.15, -0.1) is 0 Å². The monoisotopic (exact) mass is 269 g/mol. The highest BCUT2D eigenvalue weighted by Gasteiger charge is 2.18. The van der Waals surface area contributed by atoms with Gasteiger partial charge in [0.2, 0.25) is 0 Å². The maximum atomic E-state index is 2.58. The Hall–Kier alpha value is -1.50. The Morgan fingerprint density at radius 2 is 1.20 bits per heavy atom. The molecule has 1 heteroatoms. The Bertz CT molecular complexity index is 519. The Balaban J connectivity index is 2.52. The lowest BCUT2D eigenvalue weighted by Gasteiger charge is -2.13. The van der Waals surface area contributed by atoms with E-state index in [-0.39, 0.29) is 0 Å². The molecule has 1 aromatic carbocycles. The van der Waals surface area contributed by atoms with Crippen molar-refractivity contribution in [2.75, 3.05) is 0 Å². The summed E-state index contributed by atoms with van der Waals surface area (Å²) in [6.07, 6.45) is 4.56. The van der Waals surface area contributed by atoms with Gasteiger partial charge in [0.15, 0.2) is 0 Å². The molecule has 0 saturated heterocycles. The van der Waals surface area contributed by atoms with Gasteiger partial charge >= 0.3 is 0 Å². The maximum Gasteiger partial charge on any atom is 0.0475 e. The molecular formula is C19H27N. The molecule has 2 aromatic rings. The van der Waals surface area contributed by atoms with Gasteiger partial charge in [-0.1, -0.05) is 58.0 Å². The van der Waals surface area contributed by atoms with Crippen molar-refractivity contribution in [2.45, 2.75) is 59.9 Å². The van der Waals surface area contributed by atoms with Crippen molar-refractivity contribution >= 4 is 0 Å². The second-order valence-corrected chi connectivity index (χ2v) is 5.34. The Labute approximate surface area is 123 Å². The van der Waals surface area contributed by atoms with Gasteiger partial charge in [-0.05, 0) is 42.4 Å². The van der Waals surface area contributed by atoms with Gasteiger partial charge in [0, 0.05) is 17.9 Å². The van der Waals surface area contributed by atoms with Crippen molar-refractivity contribution in [1.82, 2.24) is 4.57 Å². The largest absolute Gasteiger partial charge is 0.344 e. The van der Waals surface area contributed by atoms with Crippen molar-refractivity contribution in [1.29, 1.82) is 0 Å². The number of hydrogen-bond donors (Lipinski definition) is 0. The Kier molecular flexibility index (Phi) is 5.05. The van der Waals surface area contributed by atoms with E-state index in [1.54, 1.807) is 22.5 Å². The molecule has 0 radical (unpaired) electrons. The molecule has 0 spiro atoms. The molecule has 108 valence electrons. The maximum absolute atomic E-state index is 2.58. The van der Waals surface area contributed by atoms with E-state index in [0.717, 1.165) is 32.2 Å². The summed E-state index contributed by atoms with van der Waals surface area (Å²) in [5, 5.41) is 0. The third-order valence-electron chi connectivity index (χ3n) is 4.27. The molecule has 0 atom stereocenters. The zero-order chi connectivity index (χ0) is 14.5. The second kappa shape index (κ2) is 6.78. The van der Waals surface area contributed by atoms with Crippen LogP contribution in [0.3, 0.4) is 0 Å². The molecule has 2 rings (SSSR count). The first-order valence-corrected chi connectivity index (χ1v) is 8.02. The summed E-state index contributed by atoms with van der Waals surface area (Å²) >= 11 is 0. The van der Waals surface area contributed by atoms with E-state index in [1.807, 2.05) is 0 Å². The smallest absolute Gasteiger partial charge is 0.0475 e. The topological polar surface area (TPSA) is 4.93 Å². The van der Waals surface area contributed by atoms with Crippen molar-refractivity contribution in [3.8, 4) is 0 Å². The van der Waals surface area contributed by atoms with E-state index < -0.39 is 0 Å². The van der Waals surface area contributed by atoms with Crippen molar-refractivity contribution < 1.29 is 0 Å². The normalized spacial score (nSPS) is 11.0. The number of hydrogen-bond acceptors (Lipinski definition) is 0. The van der Waals surface area contributed by atoms with Crippen LogP contribution in [0, 0.1) is 0 Å². The summed E-state index contributed by atoms with van der Waals surface area (Å²) in [5.41, 5.74) is 7.69. The molecule has 0 aliphatic rings. The first kappa shape index (κ1) is 14.9. The van der Waals surface area contributed by atoms with E-state index in [0.29, 0.717) is 0 Å². The molecule has 0 unspecified atom stereocenters. The summed E-state index contributed by atoms with van der Waals surface area (Å²) < 4.78 is 2.58. The number of rotatable bonds is 6. The molecule has 0 bridgehead atoms. The van der Waals surface area contributed by atoms with E-state index in [4.69, 9.17) is 0 Å². The average molecular weight is 269 g/mol. The molecule has 0 aliphatic heterocycles. The number of aromatic nitrogens is 1. The van der Waals surface area contributed by atoms with Crippen LogP contribution < -0.4 is 0 Å². The summed E-state index contributed by atoms with van der Waals surface area (Å²) in [4.78, 5) is 0. The third kappa shape index (κ3) is 2.67. The lowest BCUT2D eigenvalue weighted by molar-refractivity contribution is 0.701. The average Bonchev–Trinajstić information content (AvgIpc) is 2.79. The summed E-state index contributed by atoms with van der Waals surface area (Å²) in [6.45, 7) is 10.2. The fourth-order valence-electron chi connectivity index (χ4n) is 3.44. The van der Waals surface area contributed by atoms with Gasteiger partial charge < -0.3 is 4.57 Å². The van der Waals surface area contributed by atoms with Gasteiger partial charge in [-0.25, -0.2) is 0 Å². The fourth-order valence-corrected chi connectivity index (χ4v) is 3.44. The highest BCUT2D eigenvalue weighted by Crippen LogP contribution is 2.27. The van der Waals surface area contributed by atoms with Gasteiger partial charge in [-0.2, -0.15) is 0 Å². The van der Waals surface area contributed by atoms with Crippen LogP contribution in [0.2, 0.25) is 0 Å². The molecular weight excluding hydrogens is 242 g/mol. The Morgan fingerprint density at radius 3 is 1.60 bits per heavy atom. The van der Waals surface area contributed by atoms with Gasteiger partial charge in [-0.3, -0.25) is 0 Å². The minimum absolute atomic E-state index is 1.01. The third-order valence-corrected chi connectivity index (χ3v) is 4.27. The van der Waals surface area contributed by atoms with Gasteiger partial charge in [0.05, 0.1) is 0 Å². The quantitative estimate of drug-likeness (QED) is 0.711. The van der Waals surface area contributed by atoms with Crippen molar-refractivity contribution in [3.05, 3.63) is 58.4 Å². The van der Waals surface area contributed by atoms with Crippen LogP contribution in [-0.2, 0) is 32.2 Å². The zero-order valence-electron chi connectivity index (χ0n) is 13.4. The van der Waals surface area contributed by atoms with Crippen LogP contribution in [0.25, 0.3) is 0 Å². The Morgan fingerprint density at radius 1 is 0.700 bits per heavy atom. The minimum Gasteiger partial charge on any atom is -0.344 e. The van der Waals surface area contributed by atoms with E-state index in [9.17, 15) is 0 Å². The first-order chi connectivity index (χ1) is 9.76. The minimum atomic E-state index is 1.01. The standard InChI is InChI=1S/C19H27N/c1-5-16-17(6-2)19(8-4)20(18(16)7-3)14-15-12-10-9-11-13-15/h9-13H,5-8,14H2,1-4H3. The molecule has 0 saturated carbocycles. The van der Waals surface area contributed by atoms with Gasteiger partial charge in [0.25, 0.3) is 0 Å². The molecule has 1 nitrogen and oxygen atoms in total. The van der Waals surface area contributed by atoms with Crippen LogP contribution in [0.1, 0.15) is 55.8 Å². The second-order valence-electron chi connectivity index (χ2n) is 5.34. The molecule has 1 heterocycles. The fraction of sp³-hybridized carbons (Fsp3) is 0.474. The van der Waals surface area contributed by atoms with Crippen molar-refractivity contribution in [2.24, 2.45) is 0 Å². The zero-order valence-corrected chi connectivity index (χ0v) is 13.4. The molecule has 0 fully saturated rings. The lowest BCUT2D eigenvalue weighted by atomic mass is 10.0. The molecule has 0 amide bonds. The van der Waals surface area contributed by atoms with Crippen LogP contribution in [0.5, 0.6) is 0 Å². The number of nitrogens with zero attached hydrogens (tertiary/aromatic N) is 1.